The molecule has 2 aromatic heterocycles. The highest BCUT2D eigenvalue weighted by molar-refractivity contribution is 7.99. The molecular weight excluding hydrogens is 343 g/mol. The zero-order valence-electron chi connectivity index (χ0n) is 12.0. The first-order chi connectivity index (χ1) is 11.5. The lowest BCUT2D eigenvalue weighted by atomic mass is 10.0. The zero-order chi connectivity index (χ0) is 16.7. The number of rotatable bonds is 3. The van der Waals surface area contributed by atoms with Gasteiger partial charge in [0.25, 0.3) is 5.22 Å². The number of aromatic nitrogens is 4. The first-order valence-electron chi connectivity index (χ1n) is 7.05. The molecule has 1 fully saturated rings. The molecule has 0 aliphatic carbocycles. The van der Waals surface area contributed by atoms with Gasteiger partial charge in [-0.2, -0.15) is 13.2 Å². The standard InChI is InChI=1S/C14H10F3N5OS/c15-14(16,17)9-3-1-2-8-10(9)19-6-20-12(8)24-13-22-21-11(23-13)7-4-18-5-7/h1-3,6-7,18H,4-5H2. The van der Waals surface area contributed by atoms with E-state index in [1.54, 1.807) is 6.07 Å². The minimum atomic E-state index is -4.48. The summed E-state index contributed by atoms with van der Waals surface area (Å²) in [5, 5.41) is 11.9. The van der Waals surface area contributed by atoms with Crippen molar-refractivity contribution < 1.29 is 17.6 Å². The Hall–Kier alpha value is -2.20. The average Bonchev–Trinajstić information content (AvgIpc) is 2.92. The topological polar surface area (TPSA) is 76.7 Å². The van der Waals surface area contributed by atoms with Crippen LogP contribution in [0.1, 0.15) is 17.4 Å². The fourth-order valence-electron chi connectivity index (χ4n) is 2.35. The first kappa shape index (κ1) is 15.3. The molecule has 1 saturated heterocycles. The first-order valence-corrected chi connectivity index (χ1v) is 7.87. The Balaban J connectivity index is 1.70. The van der Waals surface area contributed by atoms with Crippen LogP contribution in [0.2, 0.25) is 0 Å². The van der Waals surface area contributed by atoms with E-state index in [4.69, 9.17) is 4.42 Å². The van der Waals surface area contributed by atoms with Gasteiger partial charge in [0.1, 0.15) is 11.4 Å². The van der Waals surface area contributed by atoms with Crippen molar-refractivity contribution in [2.45, 2.75) is 22.3 Å². The fraction of sp³-hybridized carbons (Fsp3) is 0.286. The molecule has 0 atom stereocenters. The number of fused-ring (bicyclic) bond motifs is 1. The smallest absolute Gasteiger partial charge is 0.415 e. The van der Waals surface area contributed by atoms with Crippen molar-refractivity contribution in [1.82, 2.24) is 25.5 Å². The van der Waals surface area contributed by atoms with Gasteiger partial charge in [-0.05, 0) is 17.8 Å². The van der Waals surface area contributed by atoms with Crippen molar-refractivity contribution in [3.8, 4) is 0 Å². The number of halogens is 3. The van der Waals surface area contributed by atoms with E-state index in [1.807, 2.05) is 0 Å². The fourth-order valence-corrected chi connectivity index (χ4v) is 3.10. The molecule has 0 bridgehead atoms. The number of nitrogens with zero attached hydrogens (tertiary/aromatic N) is 4. The van der Waals surface area contributed by atoms with Crippen molar-refractivity contribution in [3.05, 3.63) is 36.0 Å². The number of alkyl halides is 3. The van der Waals surface area contributed by atoms with Crippen LogP contribution in [0.15, 0.2) is 39.2 Å². The second-order valence-corrected chi connectivity index (χ2v) is 6.18. The number of hydrogen-bond donors (Lipinski definition) is 1. The summed E-state index contributed by atoms with van der Waals surface area (Å²) in [4.78, 5) is 7.84. The average molecular weight is 353 g/mol. The van der Waals surface area contributed by atoms with Crippen molar-refractivity contribution in [2.24, 2.45) is 0 Å². The van der Waals surface area contributed by atoms with Crippen LogP contribution in [-0.4, -0.2) is 33.3 Å². The SMILES string of the molecule is FC(F)(F)c1cccc2c(Sc3nnc(C4CNC4)o3)ncnc12. The van der Waals surface area contributed by atoms with Gasteiger partial charge in [0, 0.05) is 18.5 Å². The minimum absolute atomic E-state index is 0.148. The molecule has 1 N–H and O–H groups in total. The van der Waals surface area contributed by atoms with Crippen LogP contribution >= 0.6 is 11.8 Å². The van der Waals surface area contributed by atoms with Gasteiger partial charge in [0.05, 0.1) is 17.0 Å². The van der Waals surface area contributed by atoms with E-state index in [2.05, 4.69) is 25.5 Å². The summed E-state index contributed by atoms with van der Waals surface area (Å²) in [7, 11) is 0. The minimum Gasteiger partial charge on any atom is -0.415 e. The molecule has 4 rings (SSSR count). The second-order valence-electron chi connectivity index (χ2n) is 5.24. The summed E-state index contributed by atoms with van der Waals surface area (Å²) >= 11 is 1.03. The maximum atomic E-state index is 13.1. The molecule has 124 valence electrons. The third kappa shape index (κ3) is 2.71. The number of nitrogens with one attached hydrogen (secondary N) is 1. The Bertz CT molecular complexity index is 893. The molecule has 10 heteroatoms. The molecule has 1 aliphatic rings. The highest BCUT2D eigenvalue weighted by Crippen LogP contribution is 2.37. The van der Waals surface area contributed by atoms with E-state index in [-0.39, 0.29) is 16.7 Å². The van der Waals surface area contributed by atoms with Gasteiger partial charge in [-0.3, -0.25) is 0 Å². The van der Waals surface area contributed by atoms with Gasteiger partial charge in [-0.15, -0.1) is 10.2 Å². The van der Waals surface area contributed by atoms with Crippen molar-refractivity contribution in [2.75, 3.05) is 13.1 Å². The number of para-hydroxylation sites is 1. The van der Waals surface area contributed by atoms with E-state index >= 15 is 0 Å². The van der Waals surface area contributed by atoms with Gasteiger partial charge in [-0.25, -0.2) is 9.97 Å². The van der Waals surface area contributed by atoms with Crippen molar-refractivity contribution >= 4 is 22.7 Å². The highest BCUT2D eigenvalue weighted by Gasteiger charge is 2.33. The molecule has 0 unspecified atom stereocenters. The van der Waals surface area contributed by atoms with Crippen LogP contribution in [0, 0.1) is 0 Å². The summed E-state index contributed by atoms with van der Waals surface area (Å²) in [6.45, 7) is 1.55. The summed E-state index contributed by atoms with van der Waals surface area (Å²) < 4.78 is 44.9. The Kier molecular flexibility index (Phi) is 3.65. The van der Waals surface area contributed by atoms with E-state index in [1.165, 1.54) is 6.07 Å². The lowest BCUT2D eigenvalue weighted by molar-refractivity contribution is -0.136. The molecule has 0 saturated carbocycles. The third-order valence-corrected chi connectivity index (χ3v) is 4.53. The lowest BCUT2D eigenvalue weighted by Crippen LogP contribution is -2.40. The van der Waals surface area contributed by atoms with Crippen LogP contribution in [0.25, 0.3) is 10.9 Å². The van der Waals surface area contributed by atoms with Crippen LogP contribution < -0.4 is 5.32 Å². The lowest BCUT2D eigenvalue weighted by Gasteiger charge is -2.22. The summed E-state index contributed by atoms with van der Waals surface area (Å²) in [6, 6.07) is 3.87. The predicted octanol–water partition coefficient (Wildman–Crippen LogP) is 2.87. The Morgan fingerprint density at radius 2 is 2.00 bits per heavy atom. The Labute approximate surface area is 137 Å². The normalized spacial score (nSPS) is 15.6. The van der Waals surface area contributed by atoms with Gasteiger partial charge >= 0.3 is 6.18 Å². The van der Waals surface area contributed by atoms with E-state index in [9.17, 15) is 13.2 Å². The zero-order valence-corrected chi connectivity index (χ0v) is 12.9. The van der Waals surface area contributed by atoms with Crippen LogP contribution in [0.3, 0.4) is 0 Å². The van der Waals surface area contributed by atoms with Crippen LogP contribution in [0.4, 0.5) is 13.2 Å². The largest absolute Gasteiger partial charge is 0.418 e. The van der Waals surface area contributed by atoms with Crippen LogP contribution in [0.5, 0.6) is 0 Å². The molecule has 0 spiro atoms. The molecule has 0 radical (unpaired) electrons. The Morgan fingerprint density at radius 1 is 1.17 bits per heavy atom. The Morgan fingerprint density at radius 3 is 2.71 bits per heavy atom. The summed E-state index contributed by atoms with van der Waals surface area (Å²) in [6.07, 6.45) is -3.38. The maximum Gasteiger partial charge on any atom is 0.418 e. The monoisotopic (exact) mass is 353 g/mol. The molecule has 0 amide bonds. The molecule has 1 aromatic carbocycles. The van der Waals surface area contributed by atoms with Crippen molar-refractivity contribution in [1.29, 1.82) is 0 Å². The quantitative estimate of drug-likeness (QED) is 0.726. The van der Waals surface area contributed by atoms with Gasteiger partial charge in [0.2, 0.25) is 5.89 Å². The molecular formula is C14H10F3N5OS. The number of benzene rings is 1. The highest BCUT2D eigenvalue weighted by atomic mass is 32.2. The third-order valence-electron chi connectivity index (χ3n) is 3.67. The van der Waals surface area contributed by atoms with E-state index in [0.717, 1.165) is 37.2 Å². The van der Waals surface area contributed by atoms with Gasteiger partial charge < -0.3 is 9.73 Å². The summed E-state index contributed by atoms with van der Waals surface area (Å²) in [5.74, 6) is 0.705. The molecule has 3 heterocycles. The maximum absolute atomic E-state index is 13.1. The second kappa shape index (κ2) is 5.71. The van der Waals surface area contributed by atoms with E-state index in [0.29, 0.717) is 16.3 Å². The predicted molar refractivity (Wildman–Crippen MR) is 78.6 cm³/mol. The van der Waals surface area contributed by atoms with E-state index < -0.39 is 11.7 Å². The molecule has 6 nitrogen and oxygen atoms in total. The molecule has 1 aliphatic heterocycles. The molecule has 24 heavy (non-hydrogen) atoms. The van der Waals surface area contributed by atoms with Crippen LogP contribution in [-0.2, 0) is 6.18 Å². The summed E-state index contributed by atoms with van der Waals surface area (Å²) in [5.41, 5.74) is -0.943. The van der Waals surface area contributed by atoms with Gasteiger partial charge in [-0.1, -0.05) is 12.1 Å². The number of hydrogen-bond acceptors (Lipinski definition) is 7. The van der Waals surface area contributed by atoms with Crippen molar-refractivity contribution in [3.63, 3.8) is 0 Å². The molecule has 3 aromatic rings. The van der Waals surface area contributed by atoms with Gasteiger partial charge in [0.15, 0.2) is 0 Å².